The molecule has 0 atom stereocenters. The maximum absolute atomic E-state index is 12.7. The Balaban J connectivity index is 1.70. The molecule has 0 bridgehead atoms. The quantitative estimate of drug-likeness (QED) is 0.573. The lowest BCUT2D eigenvalue weighted by atomic mass is 10.2. The van der Waals surface area contributed by atoms with E-state index < -0.39 is 5.91 Å². The number of halogens is 1. The molecule has 1 N–H and O–H groups in total. The van der Waals surface area contributed by atoms with Gasteiger partial charge in [0, 0.05) is 5.02 Å². The SMILES string of the molecule is Cc1c(C(=O)Nn2c(C)nc3sccc3c2=O)cnn1-c1cccc(Cl)c1. The van der Waals surface area contributed by atoms with E-state index in [9.17, 15) is 9.59 Å². The Morgan fingerprint density at radius 3 is 2.85 bits per heavy atom. The fourth-order valence-corrected chi connectivity index (χ4v) is 3.79. The van der Waals surface area contributed by atoms with Crippen molar-refractivity contribution in [2.75, 3.05) is 5.43 Å². The topological polar surface area (TPSA) is 81.8 Å². The van der Waals surface area contributed by atoms with Crippen molar-refractivity contribution in [2.24, 2.45) is 0 Å². The molecule has 9 heteroatoms. The Hall–Kier alpha value is -2.97. The van der Waals surface area contributed by atoms with Gasteiger partial charge in [-0.2, -0.15) is 5.10 Å². The van der Waals surface area contributed by atoms with Crippen molar-refractivity contribution >= 4 is 39.1 Å². The zero-order valence-corrected chi connectivity index (χ0v) is 16.0. The number of thiophene rings is 1. The van der Waals surface area contributed by atoms with Gasteiger partial charge in [-0.15, -0.1) is 11.3 Å². The van der Waals surface area contributed by atoms with E-state index in [0.717, 1.165) is 10.4 Å². The molecular weight excluding hydrogens is 386 g/mol. The van der Waals surface area contributed by atoms with Crippen molar-refractivity contribution in [1.29, 1.82) is 0 Å². The Morgan fingerprint density at radius 1 is 1.26 bits per heavy atom. The van der Waals surface area contributed by atoms with Gasteiger partial charge in [0.2, 0.25) is 0 Å². The highest BCUT2D eigenvalue weighted by Crippen LogP contribution is 2.18. The van der Waals surface area contributed by atoms with Crippen molar-refractivity contribution in [1.82, 2.24) is 19.4 Å². The Morgan fingerprint density at radius 2 is 2.07 bits per heavy atom. The van der Waals surface area contributed by atoms with E-state index in [0.29, 0.717) is 32.3 Å². The van der Waals surface area contributed by atoms with Gasteiger partial charge in [-0.25, -0.2) is 14.3 Å². The molecule has 0 unspecified atom stereocenters. The van der Waals surface area contributed by atoms with Gasteiger partial charge in [0.1, 0.15) is 10.7 Å². The number of hydrogen-bond donors (Lipinski definition) is 1. The maximum atomic E-state index is 12.7. The van der Waals surface area contributed by atoms with Crippen LogP contribution in [0, 0.1) is 13.8 Å². The minimum atomic E-state index is -0.442. The van der Waals surface area contributed by atoms with Crippen LogP contribution in [0.15, 0.2) is 46.7 Å². The summed E-state index contributed by atoms with van der Waals surface area (Å²) in [5, 5.41) is 7.11. The number of carbonyl (C=O) groups excluding carboxylic acids is 1. The van der Waals surface area contributed by atoms with Gasteiger partial charge in [0.15, 0.2) is 0 Å². The van der Waals surface area contributed by atoms with Crippen LogP contribution in [-0.4, -0.2) is 25.3 Å². The molecule has 4 aromatic rings. The maximum Gasteiger partial charge on any atom is 0.281 e. The minimum Gasteiger partial charge on any atom is -0.267 e. The second-order valence-electron chi connectivity index (χ2n) is 5.92. The molecule has 4 rings (SSSR count). The van der Waals surface area contributed by atoms with Crippen LogP contribution in [-0.2, 0) is 0 Å². The monoisotopic (exact) mass is 399 g/mol. The van der Waals surface area contributed by atoms with Crippen molar-refractivity contribution < 1.29 is 4.79 Å². The van der Waals surface area contributed by atoms with Gasteiger partial charge in [0.05, 0.1) is 28.5 Å². The fraction of sp³-hybridized carbons (Fsp3) is 0.111. The molecule has 7 nitrogen and oxygen atoms in total. The van der Waals surface area contributed by atoms with Crippen LogP contribution in [0.1, 0.15) is 21.9 Å². The number of aryl methyl sites for hydroxylation is 1. The predicted octanol–water partition coefficient (Wildman–Crippen LogP) is 3.30. The third-order valence-electron chi connectivity index (χ3n) is 4.19. The molecule has 3 heterocycles. The van der Waals surface area contributed by atoms with Crippen LogP contribution in [0.4, 0.5) is 0 Å². The highest BCUT2D eigenvalue weighted by Gasteiger charge is 2.18. The predicted molar refractivity (Wildman–Crippen MR) is 106 cm³/mol. The second-order valence-corrected chi connectivity index (χ2v) is 7.25. The van der Waals surface area contributed by atoms with Gasteiger partial charge in [-0.1, -0.05) is 17.7 Å². The van der Waals surface area contributed by atoms with Gasteiger partial charge < -0.3 is 0 Å². The number of nitrogens with zero attached hydrogens (tertiary/aromatic N) is 4. The number of nitrogens with one attached hydrogen (secondary N) is 1. The summed E-state index contributed by atoms with van der Waals surface area (Å²) in [6.07, 6.45) is 1.46. The Labute approximate surface area is 162 Å². The highest BCUT2D eigenvalue weighted by molar-refractivity contribution is 7.16. The third-order valence-corrected chi connectivity index (χ3v) is 5.23. The van der Waals surface area contributed by atoms with E-state index in [2.05, 4.69) is 15.5 Å². The Bertz CT molecular complexity index is 1240. The van der Waals surface area contributed by atoms with Gasteiger partial charge in [-0.05, 0) is 43.5 Å². The lowest BCUT2D eigenvalue weighted by Gasteiger charge is -2.11. The summed E-state index contributed by atoms with van der Waals surface area (Å²) >= 11 is 7.42. The van der Waals surface area contributed by atoms with E-state index in [-0.39, 0.29) is 5.56 Å². The van der Waals surface area contributed by atoms with Crippen molar-refractivity contribution in [3.8, 4) is 5.69 Å². The number of aromatic nitrogens is 4. The first-order valence-corrected chi connectivity index (χ1v) is 9.30. The highest BCUT2D eigenvalue weighted by atomic mass is 35.5. The van der Waals surface area contributed by atoms with E-state index in [4.69, 9.17) is 11.6 Å². The van der Waals surface area contributed by atoms with Gasteiger partial charge in [0.25, 0.3) is 11.5 Å². The molecule has 0 aliphatic rings. The van der Waals surface area contributed by atoms with E-state index in [1.165, 1.54) is 17.5 Å². The molecule has 3 aromatic heterocycles. The number of amides is 1. The molecule has 0 saturated carbocycles. The largest absolute Gasteiger partial charge is 0.281 e. The molecule has 136 valence electrons. The standard InChI is InChI=1S/C18H14ClN5O2S/c1-10-15(9-20-23(10)13-5-3-4-12(19)8-13)16(25)22-24-11(2)21-17-14(18(24)26)6-7-27-17/h3-9H,1-2H3,(H,22,25). The molecule has 1 amide bonds. The molecule has 1 aromatic carbocycles. The zero-order chi connectivity index (χ0) is 19.1. The fourth-order valence-electron chi connectivity index (χ4n) is 2.81. The molecule has 0 aliphatic heterocycles. The molecule has 0 radical (unpaired) electrons. The summed E-state index contributed by atoms with van der Waals surface area (Å²) in [4.78, 5) is 30.4. The lowest BCUT2D eigenvalue weighted by Crippen LogP contribution is -2.35. The van der Waals surface area contributed by atoms with Crippen LogP contribution in [0.5, 0.6) is 0 Å². The summed E-state index contributed by atoms with van der Waals surface area (Å²) in [6, 6.07) is 8.87. The van der Waals surface area contributed by atoms with Crippen molar-refractivity contribution in [3.63, 3.8) is 0 Å². The first-order chi connectivity index (χ1) is 13.0. The molecule has 0 saturated heterocycles. The van der Waals surface area contributed by atoms with Crippen LogP contribution < -0.4 is 11.0 Å². The van der Waals surface area contributed by atoms with E-state index in [1.807, 2.05) is 12.1 Å². The molecule has 0 spiro atoms. The average molecular weight is 400 g/mol. The van der Waals surface area contributed by atoms with Crippen LogP contribution >= 0.6 is 22.9 Å². The number of benzene rings is 1. The zero-order valence-electron chi connectivity index (χ0n) is 14.4. The number of carbonyl (C=O) groups is 1. The number of rotatable bonds is 3. The van der Waals surface area contributed by atoms with E-state index in [1.54, 1.807) is 42.1 Å². The average Bonchev–Trinajstić information content (AvgIpc) is 3.25. The minimum absolute atomic E-state index is 0.313. The first-order valence-electron chi connectivity index (χ1n) is 8.04. The summed E-state index contributed by atoms with van der Waals surface area (Å²) < 4.78 is 2.78. The van der Waals surface area contributed by atoms with Crippen LogP contribution in [0.3, 0.4) is 0 Å². The normalized spacial score (nSPS) is 11.1. The molecular formula is C18H14ClN5O2S. The van der Waals surface area contributed by atoms with Gasteiger partial charge >= 0.3 is 0 Å². The second kappa shape index (κ2) is 6.64. The van der Waals surface area contributed by atoms with Crippen LogP contribution in [0.25, 0.3) is 15.9 Å². The summed E-state index contributed by atoms with van der Waals surface area (Å²) in [7, 11) is 0. The van der Waals surface area contributed by atoms with Crippen LogP contribution in [0.2, 0.25) is 5.02 Å². The molecule has 27 heavy (non-hydrogen) atoms. The summed E-state index contributed by atoms with van der Waals surface area (Å²) in [6.45, 7) is 3.45. The summed E-state index contributed by atoms with van der Waals surface area (Å²) in [5.74, 6) is -0.0365. The first kappa shape index (κ1) is 17.4. The number of fused-ring (bicyclic) bond motifs is 1. The molecule has 0 aliphatic carbocycles. The lowest BCUT2D eigenvalue weighted by molar-refractivity contribution is 0.101. The van der Waals surface area contributed by atoms with Gasteiger partial charge in [-0.3, -0.25) is 15.0 Å². The van der Waals surface area contributed by atoms with Crippen molar-refractivity contribution in [3.05, 3.63) is 74.4 Å². The molecule has 0 fully saturated rings. The summed E-state index contributed by atoms with van der Waals surface area (Å²) in [5.41, 5.74) is 4.04. The van der Waals surface area contributed by atoms with Crippen molar-refractivity contribution in [2.45, 2.75) is 13.8 Å². The van der Waals surface area contributed by atoms with E-state index >= 15 is 0 Å². The number of hydrogen-bond acceptors (Lipinski definition) is 5. The Kier molecular flexibility index (Phi) is 4.29. The smallest absolute Gasteiger partial charge is 0.267 e. The third kappa shape index (κ3) is 3.02.